The first-order chi connectivity index (χ1) is 13.7. The third-order valence-corrected chi connectivity index (χ3v) is 4.83. The molecule has 0 bridgehead atoms. The van der Waals surface area contributed by atoms with Crippen molar-refractivity contribution in [1.29, 1.82) is 0 Å². The van der Waals surface area contributed by atoms with Crippen LogP contribution in [0.4, 0.5) is 18.0 Å². The van der Waals surface area contributed by atoms with Crippen molar-refractivity contribution in [3.8, 4) is 5.75 Å². The number of ether oxygens (including phenoxy) is 1. The Hall–Kier alpha value is -2.04. The fourth-order valence-corrected chi connectivity index (χ4v) is 3.02. The van der Waals surface area contributed by atoms with Crippen molar-refractivity contribution in [3.63, 3.8) is 0 Å². The zero-order valence-corrected chi connectivity index (χ0v) is 16.7. The topological polar surface area (TPSA) is 73.9 Å². The minimum atomic E-state index is -4.53. The van der Waals surface area contributed by atoms with E-state index in [1.165, 1.54) is 0 Å². The van der Waals surface area contributed by atoms with Gasteiger partial charge in [-0.15, -0.1) is 0 Å². The van der Waals surface area contributed by atoms with Gasteiger partial charge in [0.05, 0.1) is 11.1 Å². The predicted octanol–water partition coefficient (Wildman–Crippen LogP) is 2.11. The SMILES string of the molecule is CC(C(=O)NC(=O)NCC(F)(F)F)N1CCN(CCOc2ccccc2Cl)CC1. The third kappa shape index (κ3) is 8.08. The van der Waals surface area contributed by atoms with Gasteiger partial charge in [0.1, 0.15) is 18.9 Å². The van der Waals surface area contributed by atoms with Gasteiger partial charge in [-0.2, -0.15) is 13.2 Å². The van der Waals surface area contributed by atoms with Gasteiger partial charge in [0, 0.05) is 32.7 Å². The Morgan fingerprint density at radius 3 is 2.48 bits per heavy atom. The lowest BCUT2D eigenvalue weighted by molar-refractivity contribution is -0.127. The van der Waals surface area contributed by atoms with Crippen LogP contribution in [0, 0.1) is 0 Å². The first-order valence-corrected chi connectivity index (χ1v) is 9.52. The molecule has 1 aliphatic rings. The average molecular weight is 437 g/mol. The summed E-state index contributed by atoms with van der Waals surface area (Å²) in [6.45, 7) is 3.86. The lowest BCUT2D eigenvalue weighted by Gasteiger charge is -2.37. The standard InChI is InChI=1S/C18H24ClF3N4O3/c1-13(16(27)24-17(28)23-12-18(20,21)22)26-8-6-25(7-9-26)10-11-29-15-5-3-2-4-14(15)19/h2-5,13H,6-12H2,1H3,(H2,23,24,27,28). The maximum Gasteiger partial charge on any atom is 0.405 e. The van der Waals surface area contributed by atoms with Gasteiger partial charge in [0.15, 0.2) is 0 Å². The number of carbonyl (C=O) groups is 2. The monoisotopic (exact) mass is 436 g/mol. The van der Waals surface area contributed by atoms with Gasteiger partial charge in [0.2, 0.25) is 5.91 Å². The number of imide groups is 1. The first kappa shape index (κ1) is 23.2. The average Bonchev–Trinajstić information content (AvgIpc) is 2.67. The third-order valence-electron chi connectivity index (χ3n) is 4.52. The van der Waals surface area contributed by atoms with Crippen molar-refractivity contribution in [3.05, 3.63) is 29.3 Å². The Bertz CT molecular complexity index is 697. The number of hydrogen-bond donors (Lipinski definition) is 2. The smallest absolute Gasteiger partial charge is 0.405 e. The Kier molecular flexibility index (Phi) is 8.54. The largest absolute Gasteiger partial charge is 0.491 e. The number of nitrogens with zero attached hydrogens (tertiary/aromatic N) is 2. The number of alkyl halides is 3. The summed E-state index contributed by atoms with van der Waals surface area (Å²) in [5, 5.41) is 4.11. The van der Waals surface area contributed by atoms with E-state index in [9.17, 15) is 22.8 Å². The molecule has 162 valence electrons. The van der Waals surface area contributed by atoms with Crippen molar-refractivity contribution in [1.82, 2.24) is 20.4 Å². The lowest BCUT2D eigenvalue weighted by Crippen LogP contribution is -2.56. The fourth-order valence-electron chi connectivity index (χ4n) is 2.83. The highest BCUT2D eigenvalue weighted by atomic mass is 35.5. The van der Waals surface area contributed by atoms with Crippen LogP contribution in [0.1, 0.15) is 6.92 Å². The van der Waals surface area contributed by atoms with Crippen LogP contribution in [0.15, 0.2) is 24.3 Å². The Morgan fingerprint density at radius 1 is 1.21 bits per heavy atom. The molecule has 1 atom stereocenters. The van der Waals surface area contributed by atoms with Crippen LogP contribution in [0.2, 0.25) is 5.02 Å². The Labute approximate surface area is 172 Å². The minimum Gasteiger partial charge on any atom is -0.491 e. The summed E-state index contributed by atoms with van der Waals surface area (Å²) in [6.07, 6.45) is -4.53. The van der Waals surface area contributed by atoms with Crippen LogP contribution in [0.3, 0.4) is 0 Å². The van der Waals surface area contributed by atoms with Crippen molar-refractivity contribution in [2.24, 2.45) is 0 Å². The van der Waals surface area contributed by atoms with Crippen LogP contribution in [0.25, 0.3) is 0 Å². The van der Waals surface area contributed by atoms with E-state index in [1.54, 1.807) is 24.4 Å². The summed E-state index contributed by atoms with van der Waals surface area (Å²) in [7, 11) is 0. The summed E-state index contributed by atoms with van der Waals surface area (Å²) in [5.74, 6) is -0.0120. The summed E-state index contributed by atoms with van der Waals surface area (Å²) in [5.41, 5.74) is 0. The van der Waals surface area contributed by atoms with Crippen molar-refractivity contribution < 1.29 is 27.5 Å². The van der Waals surface area contributed by atoms with Crippen molar-refractivity contribution in [2.45, 2.75) is 19.1 Å². The molecule has 1 aromatic rings. The van der Waals surface area contributed by atoms with Gasteiger partial charge in [-0.3, -0.25) is 19.9 Å². The molecule has 2 rings (SSSR count). The molecule has 11 heteroatoms. The van der Waals surface area contributed by atoms with E-state index >= 15 is 0 Å². The zero-order valence-electron chi connectivity index (χ0n) is 16.0. The van der Waals surface area contributed by atoms with Gasteiger partial charge in [-0.25, -0.2) is 4.79 Å². The lowest BCUT2D eigenvalue weighted by atomic mass is 10.2. The van der Waals surface area contributed by atoms with E-state index in [1.807, 2.05) is 22.3 Å². The maximum absolute atomic E-state index is 12.1. The predicted molar refractivity (Wildman–Crippen MR) is 102 cm³/mol. The van der Waals surface area contributed by atoms with Crippen LogP contribution in [-0.2, 0) is 4.79 Å². The number of benzene rings is 1. The molecule has 0 radical (unpaired) electrons. The molecule has 1 aliphatic heterocycles. The highest BCUT2D eigenvalue weighted by molar-refractivity contribution is 6.32. The number of halogens is 4. The number of para-hydroxylation sites is 1. The molecule has 7 nitrogen and oxygen atoms in total. The van der Waals surface area contributed by atoms with Gasteiger partial charge in [0.25, 0.3) is 0 Å². The molecule has 1 aromatic carbocycles. The van der Waals surface area contributed by atoms with Crippen LogP contribution >= 0.6 is 11.6 Å². The van der Waals surface area contributed by atoms with E-state index in [4.69, 9.17) is 16.3 Å². The quantitative estimate of drug-likeness (QED) is 0.685. The maximum atomic E-state index is 12.1. The molecule has 1 unspecified atom stereocenters. The first-order valence-electron chi connectivity index (χ1n) is 9.15. The number of carbonyl (C=O) groups excluding carboxylic acids is 2. The summed E-state index contributed by atoms with van der Waals surface area (Å²) < 4.78 is 41.9. The molecule has 0 aliphatic carbocycles. The molecule has 0 saturated carbocycles. The van der Waals surface area contributed by atoms with Crippen LogP contribution in [-0.4, -0.2) is 79.8 Å². The zero-order chi connectivity index (χ0) is 21.4. The van der Waals surface area contributed by atoms with E-state index in [-0.39, 0.29) is 0 Å². The Balaban J connectivity index is 1.67. The Morgan fingerprint density at radius 2 is 1.86 bits per heavy atom. The molecule has 1 fully saturated rings. The van der Waals surface area contributed by atoms with Gasteiger partial charge in [-0.1, -0.05) is 23.7 Å². The van der Waals surface area contributed by atoms with Gasteiger partial charge >= 0.3 is 12.2 Å². The molecule has 0 spiro atoms. The van der Waals surface area contributed by atoms with E-state index in [2.05, 4.69) is 4.90 Å². The minimum absolute atomic E-state index is 0.471. The molecular formula is C18H24ClF3N4O3. The number of amides is 3. The second-order valence-electron chi connectivity index (χ2n) is 6.62. The second kappa shape index (κ2) is 10.7. The fraction of sp³-hybridized carbons (Fsp3) is 0.556. The van der Waals surface area contributed by atoms with E-state index < -0.39 is 30.7 Å². The molecule has 29 heavy (non-hydrogen) atoms. The summed E-state index contributed by atoms with van der Waals surface area (Å²) in [4.78, 5) is 27.5. The summed E-state index contributed by atoms with van der Waals surface area (Å²) in [6, 6.07) is 5.43. The number of nitrogens with one attached hydrogen (secondary N) is 2. The molecule has 1 saturated heterocycles. The van der Waals surface area contributed by atoms with Gasteiger partial charge in [-0.05, 0) is 19.1 Å². The molecule has 0 aromatic heterocycles. The molecular weight excluding hydrogens is 413 g/mol. The highest BCUT2D eigenvalue weighted by Gasteiger charge is 2.29. The molecule has 3 amide bonds. The number of urea groups is 1. The normalized spacial score (nSPS) is 16.9. The van der Waals surface area contributed by atoms with Gasteiger partial charge < -0.3 is 10.1 Å². The van der Waals surface area contributed by atoms with E-state index in [0.717, 1.165) is 0 Å². The number of hydrogen-bond acceptors (Lipinski definition) is 5. The molecule has 2 N–H and O–H groups in total. The number of piperazine rings is 1. The van der Waals surface area contributed by atoms with Crippen molar-refractivity contribution in [2.75, 3.05) is 45.9 Å². The molecule has 1 heterocycles. The van der Waals surface area contributed by atoms with Crippen molar-refractivity contribution >= 4 is 23.5 Å². The van der Waals surface area contributed by atoms with Crippen LogP contribution in [0.5, 0.6) is 5.75 Å². The highest BCUT2D eigenvalue weighted by Crippen LogP contribution is 2.23. The van der Waals surface area contributed by atoms with E-state index in [0.29, 0.717) is 50.1 Å². The summed E-state index contributed by atoms with van der Waals surface area (Å²) >= 11 is 6.04. The number of rotatable bonds is 7. The second-order valence-corrected chi connectivity index (χ2v) is 7.03. The van der Waals surface area contributed by atoms with Crippen LogP contribution < -0.4 is 15.4 Å².